The van der Waals surface area contributed by atoms with Crippen LogP contribution in [-0.4, -0.2) is 24.1 Å². The number of aromatic carboxylic acids is 1. The molecule has 0 atom stereocenters. The number of methoxy groups -OCH3 is 1. The molecule has 20 heavy (non-hydrogen) atoms. The van der Waals surface area contributed by atoms with Gasteiger partial charge in [0, 0.05) is 18.4 Å². The fraction of sp³-hybridized carbons (Fsp3) is 0.143. The topological polar surface area (TPSA) is 88.8 Å². The van der Waals surface area contributed by atoms with Gasteiger partial charge in [-0.05, 0) is 18.2 Å². The molecular weight excluding hydrogens is 262 g/mol. The summed E-state index contributed by atoms with van der Waals surface area (Å²) >= 11 is 0. The Morgan fingerprint density at radius 2 is 1.90 bits per heavy atom. The first-order valence-electron chi connectivity index (χ1n) is 5.83. The second kappa shape index (κ2) is 6.03. The minimum Gasteiger partial charge on any atom is -0.475 e. The van der Waals surface area contributed by atoms with Crippen molar-refractivity contribution in [2.45, 2.75) is 6.61 Å². The van der Waals surface area contributed by atoms with Gasteiger partial charge < -0.3 is 19.6 Å². The van der Waals surface area contributed by atoms with E-state index in [1.54, 1.807) is 19.2 Å². The van der Waals surface area contributed by atoms with Crippen molar-refractivity contribution in [2.75, 3.05) is 12.4 Å². The molecule has 6 nitrogen and oxygen atoms in total. The zero-order chi connectivity index (χ0) is 14.5. The number of nitrogens with one attached hydrogen (secondary N) is 1. The second-order valence-corrected chi connectivity index (χ2v) is 4.01. The number of furan rings is 1. The molecule has 1 amide bonds. The monoisotopic (exact) mass is 275 g/mol. The van der Waals surface area contributed by atoms with Crippen molar-refractivity contribution in [3.8, 4) is 0 Å². The average Bonchev–Trinajstić information content (AvgIpc) is 2.91. The Morgan fingerprint density at radius 3 is 2.55 bits per heavy atom. The normalized spacial score (nSPS) is 10.2. The van der Waals surface area contributed by atoms with Gasteiger partial charge in [-0.1, -0.05) is 18.2 Å². The lowest BCUT2D eigenvalue weighted by molar-refractivity contribution is 0.0660. The Bertz CT molecular complexity index is 632. The van der Waals surface area contributed by atoms with E-state index < -0.39 is 11.9 Å². The summed E-state index contributed by atoms with van der Waals surface area (Å²) in [5, 5.41) is 11.4. The smallest absolute Gasteiger partial charge is 0.371 e. The Labute approximate surface area is 115 Å². The van der Waals surface area contributed by atoms with Gasteiger partial charge in [-0.2, -0.15) is 0 Å². The summed E-state index contributed by atoms with van der Waals surface area (Å²) in [5.74, 6) is -2.07. The number of ether oxygens (including phenoxy) is 1. The van der Waals surface area contributed by atoms with Crippen LogP contribution in [-0.2, 0) is 11.3 Å². The molecular formula is C14H13NO5. The van der Waals surface area contributed by atoms with E-state index in [9.17, 15) is 9.59 Å². The van der Waals surface area contributed by atoms with Gasteiger partial charge in [-0.3, -0.25) is 4.79 Å². The lowest BCUT2D eigenvalue weighted by Crippen LogP contribution is -2.12. The molecule has 0 saturated carbocycles. The van der Waals surface area contributed by atoms with Crippen molar-refractivity contribution in [3.63, 3.8) is 0 Å². The minimum absolute atomic E-state index is 0.0605. The molecule has 1 aromatic carbocycles. The maximum Gasteiger partial charge on any atom is 0.371 e. The standard InChI is InChI=1S/C14H13NO5/c1-19-8-9-4-2-3-5-10(9)15-13(16)11-6-7-12(20-11)14(17)18/h2-7H,8H2,1H3,(H,15,16)(H,17,18). The fourth-order valence-corrected chi connectivity index (χ4v) is 1.68. The van der Waals surface area contributed by atoms with E-state index in [1.165, 1.54) is 12.1 Å². The number of rotatable bonds is 5. The zero-order valence-electron chi connectivity index (χ0n) is 10.8. The van der Waals surface area contributed by atoms with Crippen LogP contribution in [0.1, 0.15) is 26.7 Å². The van der Waals surface area contributed by atoms with Crippen LogP contribution in [0.25, 0.3) is 0 Å². The molecule has 0 aliphatic heterocycles. The van der Waals surface area contributed by atoms with Crippen molar-refractivity contribution < 1.29 is 23.8 Å². The number of carbonyl (C=O) groups is 2. The number of para-hydroxylation sites is 1. The number of benzene rings is 1. The molecule has 104 valence electrons. The lowest BCUT2D eigenvalue weighted by atomic mass is 10.2. The number of carboxylic acids is 1. The van der Waals surface area contributed by atoms with Gasteiger partial charge in [0.1, 0.15) is 0 Å². The molecule has 0 saturated heterocycles. The van der Waals surface area contributed by atoms with Crippen LogP contribution in [0.4, 0.5) is 5.69 Å². The number of hydrogen-bond donors (Lipinski definition) is 2. The molecule has 2 aromatic rings. The Balaban J connectivity index is 2.16. The summed E-state index contributed by atoms with van der Waals surface area (Å²) in [4.78, 5) is 22.7. The zero-order valence-corrected chi connectivity index (χ0v) is 10.8. The fourth-order valence-electron chi connectivity index (χ4n) is 1.68. The van der Waals surface area contributed by atoms with Gasteiger partial charge >= 0.3 is 5.97 Å². The second-order valence-electron chi connectivity index (χ2n) is 4.01. The molecule has 0 spiro atoms. The number of anilines is 1. The first-order valence-corrected chi connectivity index (χ1v) is 5.83. The van der Waals surface area contributed by atoms with Gasteiger partial charge in [0.15, 0.2) is 5.76 Å². The number of hydrogen-bond acceptors (Lipinski definition) is 4. The molecule has 0 fully saturated rings. The Morgan fingerprint density at radius 1 is 1.20 bits per heavy atom. The molecule has 2 N–H and O–H groups in total. The summed E-state index contributed by atoms with van der Waals surface area (Å²) in [6.45, 7) is 0.356. The van der Waals surface area contributed by atoms with Crippen molar-refractivity contribution in [1.82, 2.24) is 0 Å². The summed E-state index contributed by atoms with van der Waals surface area (Å²) in [7, 11) is 1.56. The van der Waals surface area contributed by atoms with E-state index >= 15 is 0 Å². The van der Waals surface area contributed by atoms with E-state index in [0.717, 1.165) is 5.56 Å². The first kappa shape index (κ1) is 13.8. The summed E-state index contributed by atoms with van der Waals surface area (Å²) < 4.78 is 9.98. The highest BCUT2D eigenvalue weighted by Gasteiger charge is 2.15. The molecule has 2 rings (SSSR count). The van der Waals surface area contributed by atoms with Crippen LogP contribution < -0.4 is 5.32 Å². The van der Waals surface area contributed by atoms with E-state index in [0.29, 0.717) is 12.3 Å². The molecule has 6 heteroatoms. The SMILES string of the molecule is COCc1ccccc1NC(=O)c1ccc(C(=O)O)o1. The highest BCUT2D eigenvalue weighted by atomic mass is 16.5. The van der Waals surface area contributed by atoms with E-state index in [4.69, 9.17) is 14.3 Å². The third kappa shape index (κ3) is 3.04. The lowest BCUT2D eigenvalue weighted by Gasteiger charge is -2.09. The van der Waals surface area contributed by atoms with E-state index in [2.05, 4.69) is 5.32 Å². The molecule has 1 aromatic heterocycles. The maximum atomic E-state index is 12.0. The van der Waals surface area contributed by atoms with Crippen molar-refractivity contribution in [1.29, 1.82) is 0 Å². The van der Waals surface area contributed by atoms with Crippen LogP contribution in [0.2, 0.25) is 0 Å². The summed E-state index contributed by atoms with van der Waals surface area (Å²) in [5.41, 5.74) is 1.40. The molecule has 0 unspecified atom stereocenters. The van der Waals surface area contributed by atoms with Crippen molar-refractivity contribution >= 4 is 17.6 Å². The van der Waals surface area contributed by atoms with E-state index in [1.807, 2.05) is 12.1 Å². The van der Waals surface area contributed by atoms with Crippen LogP contribution in [0.3, 0.4) is 0 Å². The van der Waals surface area contributed by atoms with E-state index in [-0.39, 0.29) is 11.5 Å². The third-order valence-corrected chi connectivity index (χ3v) is 2.61. The first-order chi connectivity index (χ1) is 9.61. The number of carboxylic acid groups (broad SMARTS) is 1. The molecule has 1 heterocycles. The number of carbonyl (C=O) groups excluding carboxylic acids is 1. The van der Waals surface area contributed by atoms with Crippen LogP contribution >= 0.6 is 0 Å². The van der Waals surface area contributed by atoms with Crippen LogP contribution in [0.5, 0.6) is 0 Å². The van der Waals surface area contributed by atoms with Gasteiger partial charge in [-0.25, -0.2) is 4.79 Å². The maximum absolute atomic E-state index is 12.0. The highest BCUT2D eigenvalue weighted by molar-refractivity contribution is 6.03. The average molecular weight is 275 g/mol. The van der Waals surface area contributed by atoms with Gasteiger partial charge in [0.25, 0.3) is 5.91 Å². The quantitative estimate of drug-likeness (QED) is 0.874. The summed E-state index contributed by atoms with van der Waals surface area (Å²) in [6.07, 6.45) is 0. The van der Waals surface area contributed by atoms with Crippen LogP contribution in [0, 0.1) is 0 Å². The van der Waals surface area contributed by atoms with Gasteiger partial charge in [-0.15, -0.1) is 0 Å². The predicted octanol–water partition coefficient (Wildman–Crippen LogP) is 2.38. The summed E-state index contributed by atoms with van der Waals surface area (Å²) in [6, 6.07) is 9.71. The van der Waals surface area contributed by atoms with Gasteiger partial charge in [0.05, 0.1) is 6.61 Å². The Hall–Kier alpha value is -2.60. The molecule has 0 aliphatic carbocycles. The highest BCUT2D eigenvalue weighted by Crippen LogP contribution is 2.17. The molecule has 0 radical (unpaired) electrons. The Kier molecular flexibility index (Phi) is 4.17. The minimum atomic E-state index is -1.22. The van der Waals surface area contributed by atoms with Crippen molar-refractivity contribution in [2.24, 2.45) is 0 Å². The predicted molar refractivity (Wildman–Crippen MR) is 70.8 cm³/mol. The van der Waals surface area contributed by atoms with Gasteiger partial charge in [0.2, 0.25) is 5.76 Å². The van der Waals surface area contributed by atoms with Crippen LogP contribution in [0.15, 0.2) is 40.8 Å². The van der Waals surface area contributed by atoms with Crippen molar-refractivity contribution in [3.05, 3.63) is 53.5 Å². The largest absolute Gasteiger partial charge is 0.475 e. The molecule has 0 aliphatic rings. The third-order valence-electron chi connectivity index (χ3n) is 2.61. The number of amides is 1. The molecule has 0 bridgehead atoms.